The largest absolute Gasteiger partial charge is 0.489 e. The van der Waals surface area contributed by atoms with E-state index in [4.69, 9.17) is 9.15 Å². The first-order valence-electron chi connectivity index (χ1n) is 12.7. The molecule has 1 aliphatic heterocycles. The number of benzene rings is 4. The summed E-state index contributed by atoms with van der Waals surface area (Å²) in [5.41, 5.74) is 6.14. The van der Waals surface area contributed by atoms with Crippen LogP contribution in [0.15, 0.2) is 100 Å². The van der Waals surface area contributed by atoms with Gasteiger partial charge in [-0.2, -0.15) is 0 Å². The second-order valence-corrected chi connectivity index (χ2v) is 9.87. The lowest BCUT2D eigenvalue weighted by molar-refractivity contribution is 0.0971. The van der Waals surface area contributed by atoms with Crippen molar-refractivity contribution in [3.63, 3.8) is 0 Å². The number of anilines is 1. The van der Waals surface area contributed by atoms with Gasteiger partial charge in [-0.25, -0.2) is 0 Å². The van der Waals surface area contributed by atoms with Gasteiger partial charge in [0.05, 0.1) is 17.0 Å². The van der Waals surface area contributed by atoms with Gasteiger partial charge in [-0.15, -0.1) is 0 Å². The highest BCUT2D eigenvalue weighted by Gasteiger charge is 2.43. The number of amides is 1. The molecule has 1 amide bonds. The Balaban J connectivity index is 1.51. The van der Waals surface area contributed by atoms with Crippen LogP contribution in [0.4, 0.5) is 5.69 Å². The van der Waals surface area contributed by atoms with Gasteiger partial charge in [0.1, 0.15) is 17.9 Å². The summed E-state index contributed by atoms with van der Waals surface area (Å²) in [4.78, 5) is 29.5. The molecule has 38 heavy (non-hydrogen) atoms. The fourth-order valence-corrected chi connectivity index (χ4v) is 5.10. The van der Waals surface area contributed by atoms with Gasteiger partial charge in [-0.05, 0) is 85.0 Å². The molecule has 6 rings (SSSR count). The van der Waals surface area contributed by atoms with Crippen molar-refractivity contribution in [2.24, 2.45) is 0 Å². The molecule has 188 valence electrons. The van der Waals surface area contributed by atoms with E-state index in [0.29, 0.717) is 34.6 Å². The molecule has 1 aromatic heterocycles. The molecule has 0 fully saturated rings. The number of hydrogen-bond acceptors (Lipinski definition) is 4. The molecule has 1 atom stereocenters. The summed E-state index contributed by atoms with van der Waals surface area (Å²) in [6.45, 7) is 6.33. The highest BCUT2D eigenvalue weighted by molar-refractivity contribution is 6.10. The third-order valence-electron chi connectivity index (χ3n) is 7.19. The lowest BCUT2D eigenvalue weighted by Gasteiger charge is -2.26. The van der Waals surface area contributed by atoms with Gasteiger partial charge in [-0.3, -0.25) is 14.5 Å². The van der Waals surface area contributed by atoms with E-state index < -0.39 is 6.04 Å². The van der Waals surface area contributed by atoms with E-state index in [1.165, 1.54) is 0 Å². The molecule has 0 saturated carbocycles. The predicted molar refractivity (Wildman–Crippen MR) is 149 cm³/mol. The smallest absolute Gasteiger partial charge is 0.295 e. The Kier molecular flexibility index (Phi) is 5.84. The Morgan fingerprint density at radius 3 is 2.37 bits per heavy atom. The number of nitrogens with zero attached hydrogens (tertiary/aromatic N) is 1. The summed E-state index contributed by atoms with van der Waals surface area (Å²) in [6.07, 6.45) is 0. The zero-order valence-electron chi connectivity index (χ0n) is 21.5. The molecule has 1 aliphatic rings. The molecule has 5 nitrogen and oxygen atoms in total. The van der Waals surface area contributed by atoms with Gasteiger partial charge >= 0.3 is 0 Å². The third-order valence-corrected chi connectivity index (χ3v) is 7.19. The Morgan fingerprint density at radius 2 is 1.58 bits per heavy atom. The van der Waals surface area contributed by atoms with Crippen LogP contribution in [0.5, 0.6) is 5.75 Å². The second kappa shape index (κ2) is 9.34. The van der Waals surface area contributed by atoms with E-state index in [-0.39, 0.29) is 17.1 Å². The quantitative estimate of drug-likeness (QED) is 0.259. The van der Waals surface area contributed by atoms with Gasteiger partial charge in [0.2, 0.25) is 5.76 Å². The van der Waals surface area contributed by atoms with Gasteiger partial charge < -0.3 is 9.15 Å². The maximum atomic E-state index is 14.0. The van der Waals surface area contributed by atoms with Crippen molar-refractivity contribution >= 4 is 22.6 Å². The molecule has 5 heteroatoms. The van der Waals surface area contributed by atoms with E-state index in [2.05, 4.69) is 0 Å². The number of carbonyl (C=O) groups is 1. The molecular weight excluding hydrogens is 474 g/mol. The van der Waals surface area contributed by atoms with Crippen LogP contribution in [0.3, 0.4) is 0 Å². The third kappa shape index (κ3) is 4.06. The zero-order valence-corrected chi connectivity index (χ0v) is 21.5. The molecule has 0 bridgehead atoms. The normalized spacial score (nSPS) is 14.7. The summed E-state index contributed by atoms with van der Waals surface area (Å²) in [5.74, 6) is 0.421. The lowest BCUT2D eigenvalue weighted by Crippen LogP contribution is -2.29. The molecule has 0 saturated heterocycles. The van der Waals surface area contributed by atoms with E-state index in [1.54, 1.807) is 4.90 Å². The Bertz CT molecular complexity index is 1750. The van der Waals surface area contributed by atoms with E-state index in [1.807, 2.05) is 112 Å². The SMILES string of the molecule is Cc1cccc(N2C(=O)c3oc4cc(C)c(C)cc4c(=O)c3C2c2cccc(OCc3ccccc3)c2)c1. The van der Waals surface area contributed by atoms with Crippen LogP contribution in [0.1, 0.15) is 50.0 Å². The number of ether oxygens (including phenoxy) is 1. The minimum Gasteiger partial charge on any atom is -0.489 e. The summed E-state index contributed by atoms with van der Waals surface area (Å²) in [7, 11) is 0. The van der Waals surface area contributed by atoms with Crippen molar-refractivity contribution in [3.05, 3.63) is 140 Å². The molecule has 0 radical (unpaired) electrons. The number of fused-ring (bicyclic) bond motifs is 2. The van der Waals surface area contributed by atoms with E-state index in [9.17, 15) is 9.59 Å². The summed E-state index contributed by atoms with van der Waals surface area (Å²) in [5, 5.41) is 0.479. The average molecular weight is 502 g/mol. The molecule has 0 N–H and O–H groups in total. The van der Waals surface area contributed by atoms with Crippen molar-refractivity contribution < 1.29 is 13.9 Å². The van der Waals surface area contributed by atoms with Crippen molar-refractivity contribution in [2.75, 3.05) is 4.90 Å². The molecule has 2 heterocycles. The van der Waals surface area contributed by atoms with Gasteiger partial charge in [0.25, 0.3) is 5.91 Å². The molecule has 1 unspecified atom stereocenters. The maximum absolute atomic E-state index is 14.0. The highest BCUT2D eigenvalue weighted by atomic mass is 16.5. The number of aryl methyl sites for hydroxylation is 3. The van der Waals surface area contributed by atoms with E-state index in [0.717, 1.165) is 27.8 Å². The van der Waals surface area contributed by atoms with Gasteiger partial charge in [0, 0.05) is 5.69 Å². The van der Waals surface area contributed by atoms with Crippen LogP contribution in [-0.2, 0) is 6.61 Å². The first-order chi connectivity index (χ1) is 18.4. The maximum Gasteiger partial charge on any atom is 0.295 e. The first-order valence-corrected chi connectivity index (χ1v) is 12.7. The Hall–Kier alpha value is -4.64. The number of hydrogen-bond donors (Lipinski definition) is 0. The highest BCUT2D eigenvalue weighted by Crippen LogP contribution is 2.42. The Labute approximate surface area is 220 Å². The van der Waals surface area contributed by atoms with Crippen molar-refractivity contribution in [1.82, 2.24) is 0 Å². The standard InChI is InChI=1S/C33H27NO4/c1-20-9-7-13-25(15-20)34-30(24-12-8-14-26(18-24)37-19-23-10-5-4-6-11-23)29-31(35)27-16-21(2)22(3)17-28(27)38-32(29)33(34)36/h4-18,30H,19H2,1-3H3. The Morgan fingerprint density at radius 1 is 0.816 bits per heavy atom. The zero-order chi connectivity index (χ0) is 26.4. The molecule has 5 aromatic rings. The molecular formula is C33H27NO4. The van der Waals surface area contributed by atoms with Crippen LogP contribution in [-0.4, -0.2) is 5.91 Å². The number of carbonyl (C=O) groups excluding carboxylic acids is 1. The van der Waals surface area contributed by atoms with Crippen LogP contribution in [0.25, 0.3) is 11.0 Å². The van der Waals surface area contributed by atoms with Crippen LogP contribution >= 0.6 is 0 Å². The minimum atomic E-state index is -0.651. The molecule has 4 aromatic carbocycles. The molecule has 0 spiro atoms. The van der Waals surface area contributed by atoms with E-state index >= 15 is 0 Å². The van der Waals surface area contributed by atoms with Crippen LogP contribution in [0, 0.1) is 20.8 Å². The predicted octanol–water partition coefficient (Wildman–Crippen LogP) is 7.05. The minimum absolute atomic E-state index is 0.0906. The second-order valence-electron chi connectivity index (χ2n) is 9.87. The average Bonchev–Trinajstić information content (AvgIpc) is 3.22. The molecule has 0 aliphatic carbocycles. The summed E-state index contributed by atoms with van der Waals surface area (Å²) < 4.78 is 12.3. The summed E-state index contributed by atoms with van der Waals surface area (Å²) in [6, 6.07) is 28.3. The van der Waals surface area contributed by atoms with Crippen molar-refractivity contribution in [2.45, 2.75) is 33.4 Å². The fourth-order valence-electron chi connectivity index (χ4n) is 5.10. The van der Waals surface area contributed by atoms with Crippen LogP contribution < -0.4 is 15.1 Å². The fraction of sp³-hybridized carbons (Fsp3) is 0.152. The summed E-state index contributed by atoms with van der Waals surface area (Å²) >= 11 is 0. The lowest BCUT2D eigenvalue weighted by atomic mass is 9.97. The first kappa shape index (κ1) is 23.7. The monoisotopic (exact) mass is 501 g/mol. The van der Waals surface area contributed by atoms with Gasteiger partial charge in [-0.1, -0.05) is 54.6 Å². The van der Waals surface area contributed by atoms with Crippen molar-refractivity contribution in [3.8, 4) is 5.75 Å². The topological polar surface area (TPSA) is 59.8 Å². The number of rotatable bonds is 5. The van der Waals surface area contributed by atoms with Crippen LogP contribution in [0.2, 0.25) is 0 Å². The van der Waals surface area contributed by atoms with Gasteiger partial charge in [0.15, 0.2) is 5.43 Å². The van der Waals surface area contributed by atoms with Crippen molar-refractivity contribution in [1.29, 1.82) is 0 Å².